The Balaban J connectivity index is 1.87. The summed E-state index contributed by atoms with van der Waals surface area (Å²) in [5, 5.41) is 5.33. The maximum Gasteiger partial charge on any atom is 0.291 e. The Kier molecular flexibility index (Phi) is 4.98. The summed E-state index contributed by atoms with van der Waals surface area (Å²) in [6.07, 6.45) is 1.44. The van der Waals surface area contributed by atoms with Gasteiger partial charge in [0.1, 0.15) is 5.75 Å². The van der Waals surface area contributed by atoms with Gasteiger partial charge in [0.05, 0.1) is 6.26 Å². The van der Waals surface area contributed by atoms with E-state index in [-0.39, 0.29) is 24.2 Å². The molecule has 21 heavy (non-hydrogen) atoms. The van der Waals surface area contributed by atoms with Crippen LogP contribution in [0, 0.1) is 0 Å². The molecular formula is C15H16N2O4. The molecule has 2 rings (SSSR count). The Labute approximate surface area is 122 Å². The molecule has 0 saturated carbocycles. The number of hydrogen-bond donors (Lipinski definition) is 2. The zero-order valence-electron chi connectivity index (χ0n) is 11.6. The fraction of sp³-hybridized carbons (Fsp3) is 0.200. The molecule has 0 aliphatic heterocycles. The van der Waals surface area contributed by atoms with Crippen molar-refractivity contribution in [2.24, 2.45) is 0 Å². The second kappa shape index (κ2) is 7.14. The van der Waals surface area contributed by atoms with E-state index in [0.717, 1.165) is 0 Å². The Morgan fingerprint density at radius 3 is 2.57 bits per heavy atom. The van der Waals surface area contributed by atoms with Crippen molar-refractivity contribution < 1.29 is 18.7 Å². The minimum absolute atomic E-state index is 0.0358. The first-order valence-corrected chi connectivity index (χ1v) is 6.53. The molecule has 2 amide bonds. The lowest BCUT2D eigenvalue weighted by Gasteiger charge is -2.07. The lowest BCUT2D eigenvalue weighted by Crippen LogP contribution is -2.28. The molecule has 110 valence electrons. The number of ether oxygens (including phenoxy) is 1. The first-order chi connectivity index (χ1) is 10.2. The summed E-state index contributed by atoms with van der Waals surface area (Å²) in [7, 11) is 0. The van der Waals surface area contributed by atoms with E-state index in [1.54, 1.807) is 36.4 Å². The first-order valence-electron chi connectivity index (χ1n) is 6.53. The van der Waals surface area contributed by atoms with Crippen LogP contribution in [0.2, 0.25) is 0 Å². The maximum atomic E-state index is 11.8. The quantitative estimate of drug-likeness (QED) is 0.852. The van der Waals surface area contributed by atoms with E-state index < -0.39 is 0 Å². The van der Waals surface area contributed by atoms with Crippen LogP contribution in [0.15, 0.2) is 47.1 Å². The van der Waals surface area contributed by atoms with E-state index in [1.807, 2.05) is 6.92 Å². The van der Waals surface area contributed by atoms with Gasteiger partial charge in [-0.2, -0.15) is 0 Å². The van der Waals surface area contributed by atoms with Crippen LogP contribution < -0.4 is 15.4 Å². The van der Waals surface area contributed by atoms with Crippen LogP contribution in [0.3, 0.4) is 0 Å². The molecule has 0 bridgehead atoms. The average molecular weight is 288 g/mol. The van der Waals surface area contributed by atoms with Gasteiger partial charge in [-0.3, -0.25) is 9.59 Å². The molecular weight excluding hydrogens is 272 g/mol. The average Bonchev–Trinajstić information content (AvgIpc) is 3.01. The summed E-state index contributed by atoms with van der Waals surface area (Å²) < 4.78 is 10.3. The van der Waals surface area contributed by atoms with Crippen molar-refractivity contribution >= 4 is 17.5 Å². The number of carbonyl (C=O) groups excluding carboxylic acids is 2. The van der Waals surface area contributed by atoms with E-state index in [0.29, 0.717) is 18.0 Å². The van der Waals surface area contributed by atoms with Gasteiger partial charge in [-0.15, -0.1) is 0 Å². The number of carbonyl (C=O) groups is 2. The molecule has 0 radical (unpaired) electrons. The third-order valence-corrected chi connectivity index (χ3v) is 2.60. The summed E-state index contributed by atoms with van der Waals surface area (Å²) in [6.45, 7) is 2.38. The third-order valence-electron chi connectivity index (χ3n) is 2.60. The Bertz CT molecular complexity index is 591. The molecule has 0 fully saturated rings. The van der Waals surface area contributed by atoms with Gasteiger partial charge in [-0.1, -0.05) is 0 Å². The van der Waals surface area contributed by atoms with Gasteiger partial charge in [0.2, 0.25) is 0 Å². The predicted molar refractivity (Wildman–Crippen MR) is 77.3 cm³/mol. The van der Waals surface area contributed by atoms with E-state index in [9.17, 15) is 9.59 Å². The highest BCUT2D eigenvalue weighted by atomic mass is 16.5. The molecule has 2 aromatic rings. The minimum atomic E-state index is -0.323. The number of hydrogen-bond acceptors (Lipinski definition) is 4. The fourth-order valence-electron chi connectivity index (χ4n) is 1.63. The van der Waals surface area contributed by atoms with Gasteiger partial charge in [0.15, 0.2) is 12.4 Å². The van der Waals surface area contributed by atoms with E-state index in [1.165, 1.54) is 6.26 Å². The zero-order chi connectivity index (χ0) is 15.1. The number of furan rings is 1. The first kappa shape index (κ1) is 14.6. The minimum Gasteiger partial charge on any atom is -0.484 e. The highest BCUT2D eigenvalue weighted by molar-refractivity contribution is 6.02. The van der Waals surface area contributed by atoms with Crippen molar-refractivity contribution in [1.29, 1.82) is 0 Å². The van der Waals surface area contributed by atoms with Gasteiger partial charge >= 0.3 is 0 Å². The Hall–Kier alpha value is -2.76. The monoisotopic (exact) mass is 288 g/mol. The lowest BCUT2D eigenvalue weighted by atomic mass is 10.3. The van der Waals surface area contributed by atoms with Gasteiger partial charge in [0, 0.05) is 12.2 Å². The molecule has 0 saturated heterocycles. The van der Waals surface area contributed by atoms with Crippen molar-refractivity contribution in [2.75, 3.05) is 18.5 Å². The topological polar surface area (TPSA) is 80.6 Å². The molecule has 2 N–H and O–H groups in total. The largest absolute Gasteiger partial charge is 0.484 e. The van der Waals surface area contributed by atoms with Crippen molar-refractivity contribution in [1.82, 2.24) is 5.32 Å². The molecule has 1 aromatic heterocycles. The fourth-order valence-corrected chi connectivity index (χ4v) is 1.63. The van der Waals surface area contributed by atoms with Gasteiger partial charge in [-0.25, -0.2) is 0 Å². The normalized spacial score (nSPS) is 9.95. The standard InChI is InChI=1S/C15H16N2O4/c1-2-16-14(18)10-21-12-7-5-11(6-8-12)17-15(19)13-4-3-9-20-13/h3-9H,2,10H2,1H3,(H,16,18)(H,17,19). The third kappa shape index (κ3) is 4.38. The van der Waals surface area contributed by atoms with Crippen LogP contribution in [0.25, 0.3) is 0 Å². The summed E-state index contributed by atoms with van der Waals surface area (Å²) in [5.41, 5.74) is 0.613. The molecule has 0 unspecified atom stereocenters. The number of benzene rings is 1. The predicted octanol–water partition coefficient (Wildman–Crippen LogP) is 2.05. The second-order valence-corrected chi connectivity index (χ2v) is 4.20. The Morgan fingerprint density at radius 1 is 1.19 bits per heavy atom. The number of anilines is 1. The number of rotatable bonds is 6. The van der Waals surface area contributed by atoms with E-state index in [2.05, 4.69) is 10.6 Å². The van der Waals surface area contributed by atoms with Crippen LogP contribution >= 0.6 is 0 Å². The summed E-state index contributed by atoms with van der Waals surface area (Å²) in [5.74, 6) is 0.299. The highest BCUT2D eigenvalue weighted by Crippen LogP contribution is 2.16. The van der Waals surface area contributed by atoms with Gasteiger partial charge in [0.25, 0.3) is 11.8 Å². The molecule has 1 heterocycles. The molecule has 6 nitrogen and oxygen atoms in total. The molecule has 6 heteroatoms. The van der Waals surface area contributed by atoms with Crippen LogP contribution in [0.5, 0.6) is 5.75 Å². The van der Waals surface area contributed by atoms with Crippen LogP contribution in [0.1, 0.15) is 17.5 Å². The van der Waals surface area contributed by atoms with Gasteiger partial charge < -0.3 is 19.8 Å². The van der Waals surface area contributed by atoms with Crippen molar-refractivity contribution in [3.05, 3.63) is 48.4 Å². The molecule has 1 aromatic carbocycles. The second-order valence-electron chi connectivity index (χ2n) is 4.20. The molecule has 0 aliphatic carbocycles. The van der Waals surface area contributed by atoms with Crippen LogP contribution in [0.4, 0.5) is 5.69 Å². The smallest absolute Gasteiger partial charge is 0.291 e. The van der Waals surface area contributed by atoms with Crippen molar-refractivity contribution in [3.63, 3.8) is 0 Å². The van der Waals surface area contributed by atoms with Crippen molar-refractivity contribution in [3.8, 4) is 5.75 Å². The lowest BCUT2D eigenvalue weighted by molar-refractivity contribution is -0.122. The molecule has 0 atom stereocenters. The SMILES string of the molecule is CCNC(=O)COc1ccc(NC(=O)c2ccco2)cc1. The summed E-state index contributed by atoms with van der Waals surface area (Å²) in [4.78, 5) is 23.0. The number of amides is 2. The van der Waals surface area contributed by atoms with E-state index >= 15 is 0 Å². The summed E-state index contributed by atoms with van der Waals surface area (Å²) >= 11 is 0. The van der Waals surface area contributed by atoms with E-state index in [4.69, 9.17) is 9.15 Å². The van der Waals surface area contributed by atoms with Crippen molar-refractivity contribution in [2.45, 2.75) is 6.92 Å². The van der Waals surface area contributed by atoms with Crippen LogP contribution in [-0.4, -0.2) is 25.0 Å². The highest BCUT2D eigenvalue weighted by Gasteiger charge is 2.08. The van der Waals surface area contributed by atoms with Crippen LogP contribution in [-0.2, 0) is 4.79 Å². The summed E-state index contributed by atoms with van der Waals surface area (Å²) in [6, 6.07) is 9.96. The number of nitrogens with one attached hydrogen (secondary N) is 2. The van der Waals surface area contributed by atoms with Gasteiger partial charge in [-0.05, 0) is 43.3 Å². The molecule has 0 spiro atoms. The zero-order valence-corrected chi connectivity index (χ0v) is 11.6. The molecule has 0 aliphatic rings. The number of likely N-dealkylation sites (N-methyl/N-ethyl adjacent to an activating group) is 1. The maximum absolute atomic E-state index is 11.8. The Morgan fingerprint density at radius 2 is 1.95 bits per heavy atom.